The molecule has 2 heterocycles. The van der Waals surface area contributed by atoms with E-state index in [1.807, 2.05) is 18.2 Å². The van der Waals surface area contributed by atoms with Crippen molar-refractivity contribution in [3.63, 3.8) is 0 Å². The fourth-order valence-electron chi connectivity index (χ4n) is 2.67. The summed E-state index contributed by atoms with van der Waals surface area (Å²) in [5.74, 6) is 0.797. The van der Waals surface area contributed by atoms with E-state index in [0.29, 0.717) is 35.5 Å². The smallest absolute Gasteiger partial charge is 0.277 e. The average molecular weight is 416 g/mol. The highest BCUT2D eigenvalue weighted by Crippen LogP contribution is 2.24. The molecule has 1 saturated heterocycles. The monoisotopic (exact) mass is 415 g/mol. The molecule has 1 aromatic carbocycles. The van der Waals surface area contributed by atoms with Crippen molar-refractivity contribution in [1.29, 1.82) is 0 Å². The zero-order chi connectivity index (χ0) is 18.6. The van der Waals surface area contributed by atoms with E-state index in [1.165, 1.54) is 0 Å². The lowest BCUT2D eigenvalue weighted by molar-refractivity contribution is -0.118. The molecule has 7 nitrogen and oxygen atoms in total. The minimum absolute atomic E-state index is 0.0252. The number of carbonyl (C=O) groups excluding carboxylic acids is 1. The highest BCUT2D eigenvalue weighted by Gasteiger charge is 2.29. The topological polar surface area (TPSA) is 102 Å². The van der Waals surface area contributed by atoms with Crippen LogP contribution in [0, 0.1) is 5.92 Å². The molecule has 0 saturated carbocycles. The minimum Gasteiger partial charge on any atom is -0.416 e. The Kier molecular flexibility index (Phi) is 6.20. The van der Waals surface area contributed by atoms with Crippen LogP contribution in [0.25, 0.3) is 0 Å². The largest absolute Gasteiger partial charge is 0.416 e. The van der Waals surface area contributed by atoms with E-state index in [9.17, 15) is 13.2 Å². The minimum atomic E-state index is -2.92. The molecule has 3 rings (SSSR count). The first-order valence-corrected chi connectivity index (χ1v) is 11.3. The van der Waals surface area contributed by atoms with Gasteiger partial charge < -0.3 is 9.73 Å². The van der Waals surface area contributed by atoms with E-state index in [0.717, 1.165) is 17.3 Å². The Morgan fingerprint density at radius 2 is 2.15 bits per heavy atom. The van der Waals surface area contributed by atoms with Crippen molar-refractivity contribution in [2.45, 2.75) is 24.6 Å². The number of benzene rings is 1. The molecule has 1 fully saturated rings. The van der Waals surface area contributed by atoms with Gasteiger partial charge in [-0.2, -0.15) is 0 Å². The summed E-state index contributed by atoms with van der Waals surface area (Å²) >= 11 is 7.19. The van der Waals surface area contributed by atoms with Crippen molar-refractivity contribution in [3.05, 3.63) is 40.7 Å². The van der Waals surface area contributed by atoms with Crippen LogP contribution >= 0.6 is 23.4 Å². The van der Waals surface area contributed by atoms with Gasteiger partial charge >= 0.3 is 0 Å². The third-order valence-electron chi connectivity index (χ3n) is 4.00. The summed E-state index contributed by atoms with van der Waals surface area (Å²) in [6.07, 6.45) is 1.07. The number of carbonyl (C=O) groups is 1. The van der Waals surface area contributed by atoms with E-state index in [1.54, 1.807) is 6.07 Å². The van der Waals surface area contributed by atoms with Crippen LogP contribution in [-0.2, 0) is 27.6 Å². The van der Waals surface area contributed by atoms with Gasteiger partial charge in [0.15, 0.2) is 9.84 Å². The van der Waals surface area contributed by atoms with Gasteiger partial charge in [-0.3, -0.25) is 4.79 Å². The molecule has 0 radical (unpaired) electrons. The van der Waals surface area contributed by atoms with Crippen molar-refractivity contribution >= 4 is 39.1 Å². The molecule has 1 aromatic heterocycles. The first-order valence-electron chi connectivity index (χ1n) is 8.07. The maximum atomic E-state index is 11.9. The highest BCUT2D eigenvalue weighted by atomic mass is 35.5. The summed E-state index contributed by atoms with van der Waals surface area (Å²) in [5, 5.41) is 11.5. The zero-order valence-corrected chi connectivity index (χ0v) is 16.2. The van der Waals surface area contributed by atoms with Crippen LogP contribution in [0.5, 0.6) is 0 Å². The molecule has 1 N–H and O–H groups in total. The third-order valence-corrected chi connectivity index (χ3v) is 7.02. The molecule has 1 aliphatic rings. The molecule has 1 amide bonds. The van der Waals surface area contributed by atoms with Crippen LogP contribution in [0.3, 0.4) is 0 Å². The summed E-state index contributed by atoms with van der Waals surface area (Å²) in [6.45, 7) is 0.351. The van der Waals surface area contributed by atoms with Crippen molar-refractivity contribution in [2.75, 3.05) is 17.3 Å². The Morgan fingerprint density at radius 1 is 1.35 bits per heavy atom. The summed E-state index contributed by atoms with van der Waals surface area (Å²) in [7, 11) is -2.92. The SMILES string of the molecule is O=C(CSc1nnc(C[C@@H]2CCS(=O)(=O)C2)o1)NCc1ccccc1Cl. The Morgan fingerprint density at radius 3 is 2.88 bits per heavy atom. The summed E-state index contributed by atoms with van der Waals surface area (Å²) in [5.41, 5.74) is 0.846. The van der Waals surface area contributed by atoms with Gasteiger partial charge in [0.2, 0.25) is 11.8 Å². The Balaban J connectivity index is 1.43. The Hall–Kier alpha value is -1.58. The molecule has 0 unspecified atom stereocenters. The predicted molar refractivity (Wildman–Crippen MR) is 98.8 cm³/mol. The number of aromatic nitrogens is 2. The van der Waals surface area contributed by atoms with Gasteiger partial charge in [0, 0.05) is 18.0 Å². The number of hydrogen-bond acceptors (Lipinski definition) is 7. The van der Waals surface area contributed by atoms with E-state index >= 15 is 0 Å². The predicted octanol–water partition coefficient (Wildman–Crippen LogP) is 2.11. The molecular weight excluding hydrogens is 398 g/mol. The Bertz CT molecular complexity index is 885. The van der Waals surface area contributed by atoms with E-state index < -0.39 is 9.84 Å². The molecule has 1 aliphatic heterocycles. The summed E-state index contributed by atoms with van der Waals surface area (Å²) in [4.78, 5) is 11.9. The number of sulfone groups is 1. The first-order chi connectivity index (χ1) is 12.4. The third kappa shape index (κ3) is 5.46. The summed E-state index contributed by atoms with van der Waals surface area (Å²) in [6, 6.07) is 7.31. The number of halogens is 1. The number of nitrogens with one attached hydrogen (secondary N) is 1. The van der Waals surface area contributed by atoms with Gasteiger partial charge in [-0.1, -0.05) is 41.6 Å². The molecule has 0 bridgehead atoms. The van der Waals surface area contributed by atoms with Gasteiger partial charge in [-0.25, -0.2) is 8.42 Å². The molecule has 0 spiro atoms. The quantitative estimate of drug-likeness (QED) is 0.691. The lowest BCUT2D eigenvalue weighted by atomic mass is 10.1. The number of rotatable bonds is 7. The maximum Gasteiger partial charge on any atom is 0.277 e. The van der Waals surface area contributed by atoms with Crippen LogP contribution in [0.2, 0.25) is 5.02 Å². The van der Waals surface area contributed by atoms with Crippen LogP contribution in [0.1, 0.15) is 17.9 Å². The zero-order valence-electron chi connectivity index (χ0n) is 13.9. The highest BCUT2D eigenvalue weighted by molar-refractivity contribution is 7.99. The van der Waals surface area contributed by atoms with Crippen molar-refractivity contribution in [3.8, 4) is 0 Å². The van der Waals surface area contributed by atoms with Crippen LogP contribution in [0.4, 0.5) is 0 Å². The van der Waals surface area contributed by atoms with Gasteiger partial charge in [0.1, 0.15) is 0 Å². The summed E-state index contributed by atoms with van der Waals surface area (Å²) < 4.78 is 28.4. The number of thioether (sulfide) groups is 1. The van der Waals surface area contributed by atoms with Gasteiger partial charge in [-0.15, -0.1) is 10.2 Å². The second-order valence-corrected chi connectivity index (χ2v) is 9.65. The van der Waals surface area contributed by atoms with Crippen molar-refractivity contribution in [1.82, 2.24) is 15.5 Å². The maximum absolute atomic E-state index is 11.9. The molecular formula is C16H18ClN3O4S2. The van der Waals surface area contributed by atoms with Gasteiger partial charge in [0.25, 0.3) is 5.22 Å². The number of hydrogen-bond donors (Lipinski definition) is 1. The second-order valence-electron chi connectivity index (χ2n) is 6.09. The van der Waals surface area contributed by atoms with Crippen LogP contribution in [-0.4, -0.2) is 41.8 Å². The lowest BCUT2D eigenvalue weighted by Crippen LogP contribution is -2.24. The van der Waals surface area contributed by atoms with Crippen LogP contribution < -0.4 is 5.32 Å². The van der Waals surface area contributed by atoms with Gasteiger partial charge in [-0.05, 0) is 24.0 Å². The molecule has 10 heteroatoms. The number of amides is 1. The Labute approximate surface area is 160 Å². The first kappa shape index (κ1) is 19.2. The second kappa shape index (κ2) is 8.41. The van der Waals surface area contributed by atoms with Crippen molar-refractivity contribution in [2.24, 2.45) is 5.92 Å². The van der Waals surface area contributed by atoms with E-state index in [4.69, 9.17) is 16.0 Å². The molecule has 26 heavy (non-hydrogen) atoms. The lowest BCUT2D eigenvalue weighted by Gasteiger charge is -2.05. The van der Waals surface area contributed by atoms with Crippen molar-refractivity contribution < 1.29 is 17.6 Å². The fourth-order valence-corrected chi connectivity index (χ4v) is 5.35. The molecule has 2 aromatic rings. The standard InChI is InChI=1S/C16H18ClN3O4S2/c17-13-4-2-1-3-12(13)8-18-14(21)9-25-16-20-19-15(24-16)7-11-5-6-26(22,23)10-11/h1-4,11H,5-10H2,(H,18,21)/t11-/m0/s1. The van der Waals surface area contributed by atoms with Gasteiger partial charge in [0.05, 0.1) is 17.3 Å². The average Bonchev–Trinajstić information content (AvgIpc) is 3.18. The molecule has 140 valence electrons. The normalized spacial score (nSPS) is 18.7. The molecule has 1 atom stereocenters. The van der Waals surface area contributed by atoms with Crippen LogP contribution in [0.15, 0.2) is 33.9 Å². The fraction of sp³-hybridized carbons (Fsp3) is 0.438. The van der Waals surface area contributed by atoms with E-state index in [2.05, 4.69) is 15.5 Å². The van der Waals surface area contributed by atoms with E-state index in [-0.39, 0.29) is 29.1 Å². The number of nitrogens with zero attached hydrogens (tertiary/aromatic N) is 2. The molecule has 0 aliphatic carbocycles.